The van der Waals surface area contributed by atoms with Crippen molar-refractivity contribution in [2.75, 3.05) is 0 Å². The minimum atomic E-state index is -5.00. The summed E-state index contributed by atoms with van der Waals surface area (Å²) in [6.07, 6.45) is -5.00. The van der Waals surface area contributed by atoms with Crippen molar-refractivity contribution in [1.82, 2.24) is 0 Å². The Morgan fingerprint density at radius 2 is 1.71 bits per heavy atom. The van der Waals surface area contributed by atoms with Crippen LogP contribution in [0.5, 0.6) is 0 Å². The second-order valence-corrected chi connectivity index (χ2v) is 2.43. The highest BCUT2D eigenvalue weighted by Crippen LogP contribution is 2.32. The van der Waals surface area contributed by atoms with Crippen molar-refractivity contribution in [3.05, 3.63) is 34.9 Å². The molecule has 0 heterocycles. The van der Waals surface area contributed by atoms with Gasteiger partial charge in [-0.2, -0.15) is 18.4 Å². The molecule has 0 amide bonds. The average Bonchev–Trinajstić information content (AvgIpc) is 2.07. The molecule has 0 bridgehead atoms. The van der Waals surface area contributed by atoms with E-state index in [4.69, 9.17) is 5.26 Å². The summed E-state index contributed by atoms with van der Waals surface area (Å²) in [5, 5.41) is 8.24. The van der Waals surface area contributed by atoms with Crippen LogP contribution in [0, 0.1) is 23.0 Å². The van der Waals surface area contributed by atoms with Gasteiger partial charge in [0, 0.05) is 0 Å². The van der Waals surface area contributed by atoms with Gasteiger partial charge in [0.1, 0.15) is 0 Å². The van der Waals surface area contributed by atoms with Gasteiger partial charge in [-0.25, -0.2) is 8.78 Å². The normalized spacial score (nSPS) is 11.1. The van der Waals surface area contributed by atoms with Crippen molar-refractivity contribution in [1.29, 1.82) is 5.26 Å². The number of hydrogen-bond donors (Lipinski definition) is 0. The van der Waals surface area contributed by atoms with Crippen LogP contribution in [-0.4, -0.2) is 0 Å². The molecule has 1 nitrogen and oxygen atoms in total. The van der Waals surface area contributed by atoms with Gasteiger partial charge in [0.25, 0.3) is 0 Å². The Labute approximate surface area is 75.4 Å². The number of nitriles is 1. The van der Waals surface area contributed by atoms with Gasteiger partial charge in [0.05, 0.1) is 17.2 Å². The fraction of sp³-hybridized carbons (Fsp3) is 0.125. The number of nitrogens with zero attached hydrogens (tertiary/aromatic N) is 1. The van der Waals surface area contributed by atoms with Crippen molar-refractivity contribution < 1.29 is 22.0 Å². The molecule has 74 valence electrons. The Kier molecular flexibility index (Phi) is 2.43. The van der Waals surface area contributed by atoms with E-state index in [1.54, 1.807) is 0 Å². The first kappa shape index (κ1) is 10.4. The minimum absolute atomic E-state index is 0.262. The monoisotopic (exact) mass is 207 g/mol. The molecule has 0 spiro atoms. The molecule has 0 unspecified atom stereocenters. The van der Waals surface area contributed by atoms with E-state index in [1.165, 1.54) is 6.07 Å². The second kappa shape index (κ2) is 3.25. The van der Waals surface area contributed by atoms with Gasteiger partial charge in [0.2, 0.25) is 0 Å². The lowest BCUT2D eigenvalue weighted by Gasteiger charge is -2.08. The van der Waals surface area contributed by atoms with E-state index in [0.29, 0.717) is 6.07 Å². The summed E-state index contributed by atoms with van der Waals surface area (Å²) in [6, 6.07) is 1.97. The quantitative estimate of drug-likeness (QED) is 0.600. The molecule has 0 N–H and O–H groups in total. The Hall–Kier alpha value is -1.64. The molecule has 0 aromatic heterocycles. The summed E-state index contributed by atoms with van der Waals surface area (Å²) in [5.41, 5.74) is -2.34. The molecule has 0 aliphatic rings. The second-order valence-electron chi connectivity index (χ2n) is 2.43. The van der Waals surface area contributed by atoms with Crippen LogP contribution >= 0.6 is 0 Å². The van der Waals surface area contributed by atoms with E-state index in [0.717, 1.165) is 0 Å². The van der Waals surface area contributed by atoms with Crippen LogP contribution in [0.3, 0.4) is 0 Å². The van der Waals surface area contributed by atoms with Gasteiger partial charge in [-0.3, -0.25) is 0 Å². The Morgan fingerprint density at radius 1 is 1.14 bits per heavy atom. The molecule has 0 radical (unpaired) electrons. The number of halogens is 5. The lowest BCUT2D eigenvalue weighted by atomic mass is 10.1. The molecule has 6 heteroatoms. The van der Waals surface area contributed by atoms with E-state index < -0.39 is 28.9 Å². The van der Waals surface area contributed by atoms with E-state index >= 15 is 0 Å². The summed E-state index contributed by atoms with van der Waals surface area (Å²) >= 11 is 0. The van der Waals surface area contributed by atoms with E-state index in [1.807, 2.05) is 0 Å². The fourth-order valence-corrected chi connectivity index (χ4v) is 0.860. The minimum Gasteiger partial charge on any atom is -0.204 e. The molecule has 1 aromatic rings. The SMILES string of the molecule is N#Cc1cc(F)c(F)c(C(F)(F)F)c1. The van der Waals surface area contributed by atoms with Crippen molar-refractivity contribution in [3.8, 4) is 6.07 Å². The van der Waals surface area contributed by atoms with Gasteiger partial charge in [-0.1, -0.05) is 0 Å². The smallest absolute Gasteiger partial charge is 0.204 e. The largest absolute Gasteiger partial charge is 0.419 e. The zero-order valence-electron chi connectivity index (χ0n) is 6.49. The van der Waals surface area contributed by atoms with Crippen LogP contribution < -0.4 is 0 Å². The van der Waals surface area contributed by atoms with Crippen LogP contribution in [0.15, 0.2) is 12.1 Å². The van der Waals surface area contributed by atoms with Crippen LogP contribution in [-0.2, 0) is 6.18 Å². The molecule has 0 atom stereocenters. The van der Waals surface area contributed by atoms with Crippen molar-refractivity contribution in [2.45, 2.75) is 6.18 Å². The van der Waals surface area contributed by atoms with Gasteiger partial charge in [-0.15, -0.1) is 0 Å². The third kappa shape index (κ3) is 1.82. The zero-order chi connectivity index (χ0) is 10.9. The maximum absolute atomic E-state index is 12.6. The standard InChI is InChI=1S/C8H2F5N/c9-6-2-4(3-14)1-5(7(6)10)8(11,12)13/h1-2H. The maximum atomic E-state index is 12.6. The van der Waals surface area contributed by atoms with Crippen molar-refractivity contribution in [2.24, 2.45) is 0 Å². The summed E-state index contributed by atoms with van der Waals surface area (Å²) in [7, 11) is 0. The highest BCUT2D eigenvalue weighted by Gasteiger charge is 2.35. The molecular formula is C8H2F5N. The summed E-state index contributed by atoms with van der Waals surface area (Å²) in [6.45, 7) is 0. The summed E-state index contributed by atoms with van der Waals surface area (Å²) < 4.78 is 61.2. The van der Waals surface area contributed by atoms with Crippen molar-refractivity contribution in [3.63, 3.8) is 0 Å². The predicted molar refractivity (Wildman–Crippen MR) is 36.1 cm³/mol. The summed E-state index contributed by atoms with van der Waals surface area (Å²) in [5.74, 6) is -3.67. The predicted octanol–water partition coefficient (Wildman–Crippen LogP) is 2.86. The Morgan fingerprint density at radius 3 is 2.14 bits per heavy atom. The average molecular weight is 207 g/mol. The molecule has 1 rings (SSSR count). The van der Waals surface area contributed by atoms with Crippen molar-refractivity contribution >= 4 is 0 Å². The first-order valence-corrected chi connectivity index (χ1v) is 3.32. The summed E-state index contributed by atoms with van der Waals surface area (Å²) in [4.78, 5) is 0. The van der Waals surface area contributed by atoms with Gasteiger partial charge in [0.15, 0.2) is 11.6 Å². The molecule has 0 aliphatic carbocycles. The highest BCUT2D eigenvalue weighted by molar-refractivity contribution is 5.35. The van der Waals surface area contributed by atoms with Gasteiger partial charge in [-0.05, 0) is 12.1 Å². The van der Waals surface area contributed by atoms with E-state index in [9.17, 15) is 22.0 Å². The zero-order valence-corrected chi connectivity index (χ0v) is 6.49. The molecule has 0 fully saturated rings. The molecule has 1 aromatic carbocycles. The third-order valence-corrected chi connectivity index (χ3v) is 1.46. The molecular weight excluding hydrogens is 205 g/mol. The Bertz CT molecular complexity index is 401. The lowest BCUT2D eigenvalue weighted by molar-refractivity contribution is -0.140. The Balaban J connectivity index is 3.44. The number of benzene rings is 1. The fourth-order valence-electron chi connectivity index (χ4n) is 0.860. The molecule has 14 heavy (non-hydrogen) atoms. The molecule has 0 saturated carbocycles. The van der Waals surface area contributed by atoms with Crippen LogP contribution in [0.1, 0.15) is 11.1 Å². The number of rotatable bonds is 0. The topological polar surface area (TPSA) is 23.8 Å². The van der Waals surface area contributed by atoms with Gasteiger partial charge >= 0.3 is 6.18 Å². The van der Waals surface area contributed by atoms with E-state index in [2.05, 4.69) is 0 Å². The maximum Gasteiger partial charge on any atom is 0.419 e. The van der Waals surface area contributed by atoms with Crippen LogP contribution in [0.4, 0.5) is 22.0 Å². The number of alkyl halides is 3. The lowest BCUT2D eigenvalue weighted by Crippen LogP contribution is -2.10. The van der Waals surface area contributed by atoms with Crippen LogP contribution in [0.2, 0.25) is 0 Å². The van der Waals surface area contributed by atoms with Crippen LogP contribution in [0.25, 0.3) is 0 Å². The highest BCUT2D eigenvalue weighted by atomic mass is 19.4. The molecule has 0 aliphatic heterocycles. The first-order valence-electron chi connectivity index (χ1n) is 3.32. The number of hydrogen-bond acceptors (Lipinski definition) is 1. The van der Waals surface area contributed by atoms with Gasteiger partial charge < -0.3 is 0 Å². The third-order valence-electron chi connectivity index (χ3n) is 1.46. The van der Waals surface area contributed by atoms with E-state index in [-0.39, 0.29) is 6.07 Å². The molecule has 0 saturated heterocycles. The first-order chi connectivity index (χ1) is 6.36.